The molecule has 0 saturated heterocycles. The molecule has 7 heteroatoms. The highest BCUT2D eigenvalue weighted by atomic mass is 35.5. The van der Waals surface area contributed by atoms with E-state index in [1.807, 2.05) is 12.1 Å². The summed E-state index contributed by atoms with van der Waals surface area (Å²) in [5.74, 6) is -1.14. The molecule has 2 aromatic carbocycles. The van der Waals surface area contributed by atoms with Crippen molar-refractivity contribution in [2.45, 2.75) is 31.1 Å². The van der Waals surface area contributed by atoms with Crippen LogP contribution in [-0.4, -0.2) is 33.0 Å². The van der Waals surface area contributed by atoms with Crippen molar-refractivity contribution < 1.29 is 22.7 Å². The maximum atomic E-state index is 12.2. The number of halogens is 1. The zero-order valence-corrected chi connectivity index (χ0v) is 17.1. The third kappa shape index (κ3) is 5.40. The lowest BCUT2D eigenvalue weighted by atomic mass is 9.86. The Kier molecular flexibility index (Phi) is 6.12. The second kappa shape index (κ2) is 7.82. The fourth-order valence-electron chi connectivity index (χ4n) is 2.37. The van der Waals surface area contributed by atoms with Crippen LogP contribution >= 0.6 is 11.6 Å². The Labute approximate surface area is 164 Å². The van der Waals surface area contributed by atoms with Crippen LogP contribution in [-0.2, 0) is 20.0 Å². The molecule has 0 aliphatic rings. The van der Waals surface area contributed by atoms with Gasteiger partial charge >= 0.3 is 5.97 Å². The SMILES string of the molecule is CC(C)(C)c1ccc(C(=O)COC(=O)c2ccc(Cl)c(S(C)(=O)=O)c2)cc1. The van der Waals surface area contributed by atoms with Crippen molar-refractivity contribution in [3.05, 3.63) is 64.2 Å². The number of ketones is 1. The number of rotatable bonds is 5. The van der Waals surface area contributed by atoms with Gasteiger partial charge in [0, 0.05) is 11.8 Å². The van der Waals surface area contributed by atoms with Gasteiger partial charge in [-0.25, -0.2) is 13.2 Å². The molecular weight excluding hydrogens is 388 g/mol. The van der Waals surface area contributed by atoms with E-state index < -0.39 is 22.4 Å². The van der Waals surface area contributed by atoms with Gasteiger partial charge in [-0.15, -0.1) is 0 Å². The highest BCUT2D eigenvalue weighted by Gasteiger charge is 2.18. The lowest BCUT2D eigenvalue weighted by Gasteiger charge is -2.18. The van der Waals surface area contributed by atoms with E-state index in [2.05, 4.69) is 20.8 Å². The summed E-state index contributed by atoms with van der Waals surface area (Å²) in [5, 5.41) is 0.0177. The van der Waals surface area contributed by atoms with E-state index in [1.165, 1.54) is 12.1 Å². The van der Waals surface area contributed by atoms with Crippen molar-refractivity contribution in [3.8, 4) is 0 Å². The Morgan fingerprint density at radius 2 is 1.56 bits per heavy atom. The fourth-order valence-corrected chi connectivity index (χ4v) is 3.67. The summed E-state index contributed by atoms with van der Waals surface area (Å²) in [6, 6.07) is 10.9. The molecule has 0 atom stereocenters. The molecule has 2 rings (SSSR count). The third-order valence-electron chi connectivity index (χ3n) is 3.97. The smallest absolute Gasteiger partial charge is 0.338 e. The monoisotopic (exact) mass is 408 g/mol. The zero-order valence-electron chi connectivity index (χ0n) is 15.6. The molecule has 0 bridgehead atoms. The molecule has 0 heterocycles. The Morgan fingerprint density at radius 1 is 1.00 bits per heavy atom. The van der Waals surface area contributed by atoms with E-state index in [-0.39, 0.29) is 26.7 Å². The molecule has 2 aromatic rings. The van der Waals surface area contributed by atoms with Crippen molar-refractivity contribution in [1.82, 2.24) is 0 Å². The van der Waals surface area contributed by atoms with Gasteiger partial charge in [0.1, 0.15) is 0 Å². The van der Waals surface area contributed by atoms with Gasteiger partial charge in [0.15, 0.2) is 22.2 Å². The van der Waals surface area contributed by atoms with Crippen LogP contribution in [0.4, 0.5) is 0 Å². The molecule has 144 valence electrons. The fraction of sp³-hybridized carbons (Fsp3) is 0.300. The zero-order chi connectivity index (χ0) is 20.4. The molecule has 0 N–H and O–H groups in total. The molecule has 27 heavy (non-hydrogen) atoms. The molecule has 5 nitrogen and oxygen atoms in total. The second-order valence-electron chi connectivity index (χ2n) is 7.24. The van der Waals surface area contributed by atoms with Gasteiger partial charge in [0.25, 0.3) is 0 Å². The van der Waals surface area contributed by atoms with E-state index in [9.17, 15) is 18.0 Å². The number of sulfone groups is 1. The summed E-state index contributed by atoms with van der Waals surface area (Å²) in [5.41, 5.74) is 1.50. The minimum absolute atomic E-state index is 0.00991. The van der Waals surface area contributed by atoms with Crippen molar-refractivity contribution in [2.24, 2.45) is 0 Å². The molecule has 0 fully saturated rings. The van der Waals surface area contributed by atoms with Gasteiger partial charge in [-0.3, -0.25) is 4.79 Å². The summed E-state index contributed by atoms with van der Waals surface area (Å²) in [4.78, 5) is 24.2. The summed E-state index contributed by atoms with van der Waals surface area (Å²) in [6.45, 7) is 5.78. The van der Waals surface area contributed by atoms with Crippen LogP contribution in [0.3, 0.4) is 0 Å². The van der Waals surface area contributed by atoms with Crippen LogP contribution in [0.25, 0.3) is 0 Å². The summed E-state index contributed by atoms with van der Waals surface area (Å²) in [7, 11) is -3.59. The number of Topliss-reactive ketones (excluding diaryl/α,β-unsaturated/α-hetero) is 1. The lowest BCUT2D eigenvalue weighted by molar-refractivity contribution is 0.0474. The number of benzene rings is 2. The van der Waals surface area contributed by atoms with Gasteiger partial charge < -0.3 is 4.74 Å². The molecule has 0 amide bonds. The summed E-state index contributed by atoms with van der Waals surface area (Å²) in [6.07, 6.45) is 0.994. The number of carbonyl (C=O) groups excluding carboxylic acids is 2. The minimum Gasteiger partial charge on any atom is -0.454 e. The average molecular weight is 409 g/mol. The molecule has 0 aromatic heterocycles. The Morgan fingerprint density at radius 3 is 2.07 bits per heavy atom. The van der Waals surface area contributed by atoms with Gasteiger partial charge in [-0.05, 0) is 29.2 Å². The van der Waals surface area contributed by atoms with Crippen LogP contribution < -0.4 is 0 Å². The first-order chi connectivity index (χ1) is 12.4. The summed E-state index contributed by atoms with van der Waals surface area (Å²) < 4.78 is 28.4. The second-order valence-corrected chi connectivity index (χ2v) is 9.64. The van der Waals surface area contributed by atoms with Crippen LogP contribution in [0.5, 0.6) is 0 Å². The number of hydrogen-bond donors (Lipinski definition) is 0. The van der Waals surface area contributed by atoms with Crippen molar-refractivity contribution >= 4 is 33.2 Å². The highest BCUT2D eigenvalue weighted by molar-refractivity contribution is 7.90. The Hall–Kier alpha value is -2.18. The number of esters is 1. The normalized spacial score (nSPS) is 11.9. The van der Waals surface area contributed by atoms with Gasteiger partial charge in [0.2, 0.25) is 0 Å². The number of hydrogen-bond acceptors (Lipinski definition) is 5. The maximum Gasteiger partial charge on any atom is 0.338 e. The van der Waals surface area contributed by atoms with Crippen LogP contribution in [0, 0.1) is 0 Å². The predicted molar refractivity (Wildman–Crippen MR) is 104 cm³/mol. The van der Waals surface area contributed by atoms with E-state index >= 15 is 0 Å². The van der Waals surface area contributed by atoms with E-state index in [1.54, 1.807) is 12.1 Å². The van der Waals surface area contributed by atoms with Crippen molar-refractivity contribution in [2.75, 3.05) is 12.9 Å². The standard InChI is InChI=1S/C20H21ClO5S/c1-20(2,3)15-8-5-13(6-9-15)17(22)12-26-19(23)14-7-10-16(21)18(11-14)27(4,24)25/h5-11H,12H2,1-4H3. The highest BCUT2D eigenvalue weighted by Crippen LogP contribution is 2.24. The van der Waals surface area contributed by atoms with E-state index in [0.717, 1.165) is 17.9 Å². The van der Waals surface area contributed by atoms with Gasteiger partial charge in [-0.1, -0.05) is 56.6 Å². The predicted octanol–water partition coefficient (Wildman–Crippen LogP) is 4.08. The molecule has 0 saturated carbocycles. The quantitative estimate of drug-likeness (QED) is 0.550. The first kappa shape index (κ1) is 21.1. The van der Waals surface area contributed by atoms with E-state index in [4.69, 9.17) is 16.3 Å². The first-order valence-electron chi connectivity index (χ1n) is 8.20. The molecule has 0 aliphatic carbocycles. The van der Waals surface area contributed by atoms with Crippen molar-refractivity contribution in [1.29, 1.82) is 0 Å². The number of carbonyl (C=O) groups is 2. The van der Waals surface area contributed by atoms with Crippen LogP contribution in [0.15, 0.2) is 47.4 Å². The number of ether oxygens (including phenoxy) is 1. The van der Waals surface area contributed by atoms with Gasteiger partial charge in [0.05, 0.1) is 15.5 Å². The lowest BCUT2D eigenvalue weighted by Crippen LogP contribution is -2.15. The van der Waals surface area contributed by atoms with E-state index in [0.29, 0.717) is 5.56 Å². The minimum atomic E-state index is -3.59. The largest absolute Gasteiger partial charge is 0.454 e. The Bertz CT molecular complexity index is 970. The third-order valence-corrected chi connectivity index (χ3v) is 5.55. The van der Waals surface area contributed by atoms with Crippen molar-refractivity contribution in [3.63, 3.8) is 0 Å². The maximum absolute atomic E-state index is 12.2. The molecule has 0 unspecified atom stereocenters. The average Bonchev–Trinajstić information content (AvgIpc) is 2.58. The first-order valence-corrected chi connectivity index (χ1v) is 10.5. The molecular formula is C20H21ClO5S. The Balaban J connectivity index is 2.08. The molecule has 0 aliphatic heterocycles. The van der Waals surface area contributed by atoms with Crippen LogP contribution in [0.1, 0.15) is 47.1 Å². The summed E-state index contributed by atoms with van der Waals surface area (Å²) >= 11 is 5.85. The molecule has 0 spiro atoms. The topological polar surface area (TPSA) is 77.5 Å². The van der Waals surface area contributed by atoms with Gasteiger partial charge in [-0.2, -0.15) is 0 Å². The molecule has 0 radical (unpaired) electrons. The van der Waals surface area contributed by atoms with Crippen LogP contribution in [0.2, 0.25) is 5.02 Å².